The van der Waals surface area contributed by atoms with Crippen LogP contribution in [-0.4, -0.2) is 7.85 Å². The number of benzene rings is 2. The molecule has 0 aromatic heterocycles. The fourth-order valence-corrected chi connectivity index (χ4v) is 1.97. The Morgan fingerprint density at radius 1 is 0.938 bits per heavy atom. The van der Waals surface area contributed by atoms with Crippen LogP contribution in [-0.2, 0) is 6.42 Å². The van der Waals surface area contributed by atoms with Gasteiger partial charge in [0.05, 0.1) is 0 Å². The molecule has 80 valence electrons. The Kier molecular flexibility index (Phi) is 3.14. The van der Waals surface area contributed by atoms with Gasteiger partial charge in [-0.2, -0.15) is 0 Å². The molecule has 0 aliphatic heterocycles. The minimum atomic E-state index is 1.03. The molecule has 0 aliphatic carbocycles. The average Bonchev–Trinajstić information content (AvgIpc) is 2.25. The summed E-state index contributed by atoms with van der Waals surface area (Å²) in [5.74, 6) is 0. The van der Waals surface area contributed by atoms with Crippen LogP contribution in [0.4, 0.5) is 0 Å². The van der Waals surface area contributed by atoms with Crippen LogP contribution in [0.1, 0.15) is 22.3 Å². The Morgan fingerprint density at radius 2 is 1.62 bits per heavy atom. The molecule has 0 aliphatic rings. The molecule has 2 aromatic carbocycles. The fourth-order valence-electron chi connectivity index (χ4n) is 1.97. The molecule has 0 N–H and O–H groups in total. The van der Waals surface area contributed by atoms with E-state index < -0.39 is 0 Å². The second-order valence-corrected chi connectivity index (χ2v) is 4.59. The highest BCUT2D eigenvalue weighted by atomic mass is 14.0. The van der Waals surface area contributed by atoms with Crippen molar-refractivity contribution in [3.05, 3.63) is 64.7 Å². The van der Waals surface area contributed by atoms with Crippen LogP contribution in [0.3, 0.4) is 0 Å². The van der Waals surface area contributed by atoms with Gasteiger partial charge in [0.25, 0.3) is 0 Å². The molecule has 2 rings (SSSR count). The van der Waals surface area contributed by atoms with Crippen LogP contribution in [0, 0.1) is 13.8 Å². The van der Waals surface area contributed by atoms with Crippen molar-refractivity contribution in [3.63, 3.8) is 0 Å². The molecule has 0 bridgehead atoms. The van der Waals surface area contributed by atoms with E-state index in [9.17, 15) is 0 Å². The van der Waals surface area contributed by atoms with Crippen LogP contribution in [0.5, 0.6) is 0 Å². The first-order valence-corrected chi connectivity index (χ1v) is 5.77. The summed E-state index contributed by atoms with van der Waals surface area (Å²) in [4.78, 5) is 0. The van der Waals surface area contributed by atoms with E-state index in [1.165, 1.54) is 27.7 Å². The predicted octanol–water partition coefficient (Wildman–Crippen LogP) is 2.15. The Labute approximate surface area is 98.7 Å². The molecule has 0 nitrogen and oxygen atoms in total. The molecule has 0 amide bonds. The maximum atomic E-state index is 2.25. The zero-order chi connectivity index (χ0) is 11.5. The van der Waals surface area contributed by atoms with Gasteiger partial charge >= 0.3 is 0 Å². The number of rotatable bonds is 2. The van der Waals surface area contributed by atoms with Gasteiger partial charge in [-0.05, 0) is 37.0 Å². The molecule has 2 aromatic rings. The van der Waals surface area contributed by atoms with Crippen LogP contribution in [0.25, 0.3) is 0 Å². The van der Waals surface area contributed by atoms with Gasteiger partial charge in [-0.3, -0.25) is 0 Å². The highest BCUT2D eigenvalue weighted by molar-refractivity contribution is 6.32. The second-order valence-electron chi connectivity index (χ2n) is 4.59. The van der Waals surface area contributed by atoms with Crippen LogP contribution < -0.4 is 5.46 Å². The zero-order valence-corrected chi connectivity index (χ0v) is 10.2. The van der Waals surface area contributed by atoms with Gasteiger partial charge in [-0.15, -0.1) is 0 Å². The lowest BCUT2D eigenvalue weighted by Crippen LogP contribution is -2.01. The number of aryl methyl sites for hydroxylation is 2. The first-order valence-electron chi connectivity index (χ1n) is 5.77. The average molecular weight is 208 g/mol. The van der Waals surface area contributed by atoms with Crippen molar-refractivity contribution in [3.8, 4) is 0 Å². The molecule has 0 saturated heterocycles. The predicted molar refractivity (Wildman–Crippen MR) is 73.3 cm³/mol. The molecule has 0 heterocycles. The van der Waals surface area contributed by atoms with Crippen LogP contribution in [0.2, 0.25) is 0 Å². The highest BCUT2D eigenvalue weighted by Gasteiger charge is 2.00. The highest BCUT2D eigenvalue weighted by Crippen LogP contribution is 2.14. The lowest BCUT2D eigenvalue weighted by Gasteiger charge is -2.07. The summed E-state index contributed by atoms with van der Waals surface area (Å²) in [6, 6.07) is 15.5. The summed E-state index contributed by atoms with van der Waals surface area (Å²) in [5.41, 5.74) is 6.86. The summed E-state index contributed by atoms with van der Waals surface area (Å²) in [6.45, 7) is 4.33. The number of hydrogen-bond acceptors (Lipinski definition) is 0. The third-order valence-corrected chi connectivity index (χ3v) is 3.01. The first kappa shape index (κ1) is 11.0. The molecule has 0 spiro atoms. The summed E-state index contributed by atoms with van der Waals surface area (Å²) >= 11 is 0. The van der Waals surface area contributed by atoms with E-state index >= 15 is 0 Å². The molecule has 0 radical (unpaired) electrons. The Hall–Kier alpha value is -1.50. The third kappa shape index (κ3) is 2.54. The molecule has 0 saturated carbocycles. The molecular weight excluding hydrogens is 191 g/mol. The Bertz CT molecular complexity index is 483. The van der Waals surface area contributed by atoms with Gasteiger partial charge in [0, 0.05) is 0 Å². The van der Waals surface area contributed by atoms with Crippen molar-refractivity contribution in [1.82, 2.24) is 0 Å². The van der Waals surface area contributed by atoms with Gasteiger partial charge in [-0.1, -0.05) is 53.5 Å². The van der Waals surface area contributed by atoms with E-state index in [0.717, 1.165) is 6.42 Å². The first-order chi connectivity index (χ1) is 7.65. The van der Waals surface area contributed by atoms with Crippen LogP contribution in [0.15, 0.2) is 42.5 Å². The quantitative estimate of drug-likeness (QED) is 0.663. The Morgan fingerprint density at radius 3 is 2.25 bits per heavy atom. The molecular formula is C15H17B. The van der Waals surface area contributed by atoms with E-state index in [-0.39, 0.29) is 0 Å². The normalized spacial score (nSPS) is 10.4. The van der Waals surface area contributed by atoms with Crippen molar-refractivity contribution in [2.45, 2.75) is 20.3 Å². The minimum absolute atomic E-state index is 1.03. The molecule has 0 fully saturated rings. The molecule has 0 atom stereocenters. The Balaban J connectivity index is 2.23. The topological polar surface area (TPSA) is 0 Å². The summed E-state index contributed by atoms with van der Waals surface area (Å²) < 4.78 is 0. The van der Waals surface area contributed by atoms with Gasteiger partial charge in [0.15, 0.2) is 0 Å². The van der Waals surface area contributed by atoms with Gasteiger partial charge < -0.3 is 0 Å². The van der Waals surface area contributed by atoms with E-state index in [1.54, 1.807) is 0 Å². The largest absolute Gasteiger partial charge is 0.139 e. The zero-order valence-electron chi connectivity index (χ0n) is 10.2. The minimum Gasteiger partial charge on any atom is -0.0889 e. The van der Waals surface area contributed by atoms with Gasteiger partial charge in [-0.25, -0.2) is 0 Å². The fraction of sp³-hybridized carbons (Fsp3) is 0.200. The van der Waals surface area contributed by atoms with Crippen molar-refractivity contribution >= 4 is 13.3 Å². The lowest BCUT2D eigenvalue weighted by atomic mass is 9.93. The molecule has 0 unspecified atom stereocenters. The maximum absolute atomic E-state index is 2.25. The maximum Gasteiger partial charge on any atom is 0.139 e. The van der Waals surface area contributed by atoms with Gasteiger partial charge in [0.2, 0.25) is 0 Å². The lowest BCUT2D eigenvalue weighted by molar-refractivity contribution is 1.15. The third-order valence-electron chi connectivity index (χ3n) is 3.01. The molecule has 16 heavy (non-hydrogen) atoms. The SMILES string of the molecule is Bc1ccc(Cc2ccc(C)cc2C)cc1. The standard InChI is InChI=1S/C15H17B/c1-11-3-6-14(12(2)9-11)10-13-4-7-15(16)8-5-13/h3-9H,10,16H2,1-2H3. The smallest absolute Gasteiger partial charge is 0.0889 e. The van der Waals surface area contributed by atoms with Crippen molar-refractivity contribution in [2.24, 2.45) is 0 Å². The van der Waals surface area contributed by atoms with Crippen LogP contribution >= 0.6 is 0 Å². The summed E-state index contributed by atoms with van der Waals surface area (Å²) in [7, 11) is 2.13. The molecule has 1 heteroatoms. The van der Waals surface area contributed by atoms with E-state index in [1.807, 2.05) is 0 Å². The van der Waals surface area contributed by atoms with Crippen molar-refractivity contribution in [1.29, 1.82) is 0 Å². The van der Waals surface area contributed by atoms with E-state index in [2.05, 4.69) is 64.2 Å². The van der Waals surface area contributed by atoms with Crippen molar-refractivity contribution in [2.75, 3.05) is 0 Å². The van der Waals surface area contributed by atoms with E-state index in [4.69, 9.17) is 0 Å². The van der Waals surface area contributed by atoms with Crippen molar-refractivity contribution < 1.29 is 0 Å². The summed E-state index contributed by atoms with van der Waals surface area (Å²) in [5, 5.41) is 0. The summed E-state index contributed by atoms with van der Waals surface area (Å²) in [6.07, 6.45) is 1.03. The van der Waals surface area contributed by atoms with Gasteiger partial charge in [0.1, 0.15) is 7.85 Å². The second kappa shape index (κ2) is 4.57. The van der Waals surface area contributed by atoms with E-state index in [0.29, 0.717) is 0 Å². The number of hydrogen-bond donors (Lipinski definition) is 0. The monoisotopic (exact) mass is 208 g/mol.